The van der Waals surface area contributed by atoms with E-state index in [1.165, 1.54) is 43.4 Å². The first-order valence-corrected chi connectivity index (χ1v) is 17.4. The van der Waals surface area contributed by atoms with Crippen molar-refractivity contribution in [2.75, 3.05) is 51.5 Å². The summed E-state index contributed by atoms with van der Waals surface area (Å²) in [5.41, 5.74) is 2.59. The minimum atomic E-state index is -2.73. The summed E-state index contributed by atoms with van der Waals surface area (Å²) >= 11 is 0. The number of nitrogens with two attached hydrogens (primary N) is 1. The summed E-state index contributed by atoms with van der Waals surface area (Å²) in [5, 5.41) is 51.8. The average Bonchev–Trinajstić information content (AvgIpc) is 3.02. The van der Waals surface area contributed by atoms with E-state index in [0.29, 0.717) is 17.8 Å². The third-order valence-corrected chi connectivity index (χ3v) is 10.2. The number of anilines is 2. The molecule has 1 saturated carbocycles. The number of carbonyl (C=O) groups is 4. The highest BCUT2D eigenvalue weighted by molar-refractivity contribution is 6.24. The molecule has 4 atom stereocenters. The summed E-state index contributed by atoms with van der Waals surface area (Å²) in [6.07, 6.45) is 10.9. The second-order valence-electron chi connectivity index (χ2n) is 14.1. The van der Waals surface area contributed by atoms with Gasteiger partial charge in [-0.05, 0) is 57.5 Å². The number of nitrogens with one attached hydrogen (secondary N) is 2. The van der Waals surface area contributed by atoms with Crippen molar-refractivity contribution in [2.45, 2.75) is 89.2 Å². The van der Waals surface area contributed by atoms with E-state index in [4.69, 9.17) is 5.73 Å². The number of primary amides is 1. The average molecular weight is 684 g/mol. The molecule has 4 rings (SSSR count). The number of unbranched alkanes of at least 4 members (excludes halogenated alkanes) is 8. The monoisotopic (exact) mass is 683 g/mol. The molecule has 13 heteroatoms. The molecule has 270 valence electrons. The first-order valence-electron chi connectivity index (χ1n) is 17.4. The van der Waals surface area contributed by atoms with E-state index >= 15 is 0 Å². The third kappa shape index (κ3) is 7.34. The smallest absolute Gasteiger partial charge is 0.255 e. The molecule has 1 aromatic carbocycles. The fourth-order valence-electron chi connectivity index (χ4n) is 7.74. The second-order valence-corrected chi connectivity index (χ2v) is 14.1. The number of phenols is 1. The molecule has 0 spiro atoms. The molecule has 1 fully saturated rings. The molecule has 2 unspecified atom stereocenters. The predicted octanol–water partition coefficient (Wildman–Crippen LogP) is 3.09. The maximum Gasteiger partial charge on any atom is 0.255 e. The van der Waals surface area contributed by atoms with Gasteiger partial charge in [0, 0.05) is 31.3 Å². The number of rotatable bonds is 16. The van der Waals surface area contributed by atoms with Gasteiger partial charge in [-0.1, -0.05) is 58.3 Å². The van der Waals surface area contributed by atoms with Crippen LogP contribution in [-0.2, 0) is 25.6 Å². The molecule has 0 saturated heterocycles. The molecule has 13 nitrogen and oxygen atoms in total. The number of nitrogens with zero attached hydrogens (tertiary/aromatic N) is 2. The number of aliphatic hydroxyl groups excluding tert-OH is 2. The van der Waals surface area contributed by atoms with E-state index in [0.717, 1.165) is 19.3 Å². The number of carbonyl (C=O) groups excluding carboxylic acids is 4. The number of phenolic OH excluding ortho intramolecular Hbond substituents is 1. The number of aliphatic hydroxyl groups is 3. The van der Waals surface area contributed by atoms with Crippen molar-refractivity contribution in [3.63, 3.8) is 0 Å². The van der Waals surface area contributed by atoms with Crippen molar-refractivity contribution in [3.05, 3.63) is 34.1 Å². The lowest BCUT2D eigenvalue weighted by Gasteiger charge is -2.50. The molecule has 0 radical (unpaired) electrons. The highest BCUT2D eigenvalue weighted by atomic mass is 16.3. The fourth-order valence-corrected chi connectivity index (χ4v) is 7.74. The molecule has 0 bridgehead atoms. The summed E-state index contributed by atoms with van der Waals surface area (Å²) in [5.74, 6) is -7.67. The normalized spacial score (nSPS) is 23.4. The van der Waals surface area contributed by atoms with E-state index in [1.54, 1.807) is 39.2 Å². The van der Waals surface area contributed by atoms with Gasteiger partial charge in [-0.25, -0.2) is 0 Å². The Labute approximate surface area is 288 Å². The van der Waals surface area contributed by atoms with Crippen molar-refractivity contribution >= 4 is 40.5 Å². The van der Waals surface area contributed by atoms with Crippen molar-refractivity contribution in [1.82, 2.24) is 10.2 Å². The molecule has 3 aliphatic rings. The van der Waals surface area contributed by atoms with Gasteiger partial charge in [-0.15, -0.1) is 0 Å². The van der Waals surface area contributed by atoms with E-state index < -0.39 is 69.7 Å². The molecule has 2 amide bonds. The molecule has 3 aliphatic carbocycles. The Hall–Kier alpha value is -3.94. The Balaban J connectivity index is 1.56. The molecule has 0 heterocycles. The van der Waals surface area contributed by atoms with Crippen molar-refractivity contribution in [2.24, 2.45) is 17.6 Å². The van der Waals surface area contributed by atoms with Crippen LogP contribution in [0, 0.1) is 11.8 Å². The van der Waals surface area contributed by atoms with Crippen LogP contribution >= 0.6 is 0 Å². The van der Waals surface area contributed by atoms with Crippen molar-refractivity contribution in [3.8, 4) is 5.75 Å². The lowest BCUT2D eigenvalue weighted by molar-refractivity contribution is -0.153. The van der Waals surface area contributed by atoms with Gasteiger partial charge in [0.05, 0.1) is 23.8 Å². The van der Waals surface area contributed by atoms with E-state index in [2.05, 4.69) is 17.6 Å². The topological polar surface area (TPSA) is 206 Å². The van der Waals surface area contributed by atoms with Crippen LogP contribution in [0.4, 0.5) is 11.4 Å². The van der Waals surface area contributed by atoms with Crippen LogP contribution in [0.15, 0.2) is 23.0 Å². The number of ketones is 2. The number of likely N-dealkylation sites (N-methyl/N-ethyl adjacent to an activating group) is 1. The van der Waals surface area contributed by atoms with Gasteiger partial charge in [0.1, 0.15) is 22.8 Å². The van der Waals surface area contributed by atoms with Crippen LogP contribution in [0.3, 0.4) is 0 Å². The molecule has 0 aromatic heterocycles. The maximum absolute atomic E-state index is 14.2. The number of fused-ring (bicyclic) bond motifs is 3. The summed E-state index contributed by atoms with van der Waals surface area (Å²) in [7, 11) is 6.64. The highest BCUT2D eigenvalue weighted by Gasteiger charge is 2.64. The lowest BCUT2D eigenvalue weighted by atomic mass is 9.57. The first-order chi connectivity index (χ1) is 23.2. The number of benzene rings is 1. The third-order valence-electron chi connectivity index (χ3n) is 10.2. The molecule has 49 heavy (non-hydrogen) atoms. The number of amides is 2. The van der Waals surface area contributed by atoms with Gasteiger partial charge in [0.25, 0.3) is 5.91 Å². The quantitative estimate of drug-likeness (QED) is 0.0766. The van der Waals surface area contributed by atoms with Crippen LogP contribution in [0.5, 0.6) is 5.75 Å². The molecular weight excluding hydrogens is 630 g/mol. The minimum Gasteiger partial charge on any atom is -0.508 e. The summed E-state index contributed by atoms with van der Waals surface area (Å²) in [4.78, 5) is 55.8. The van der Waals surface area contributed by atoms with Gasteiger partial charge in [-0.3, -0.25) is 24.1 Å². The summed E-state index contributed by atoms with van der Waals surface area (Å²) in [6.45, 7) is 2.88. The maximum atomic E-state index is 14.2. The fraction of sp³-hybridized carbons (Fsp3) is 0.611. The summed E-state index contributed by atoms with van der Waals surface area (Å²) in [6, 6.07) is 0.442. The Morgan fingerprint density at radius 3 is 2.16 bits per heavy atom. The number of Topliss-reactive ketones (excluding diaryl/α,β-unsaturated/α-hetero) is 2. The Kier molecular flexibility index (Phi) is 12.2. The van der Waals surface area contributed by atoms with Crippen LogP contribution in [0.25, 0.3) is 5.76 Å². The first kappa shape index (κ1) is 37.9. The van der Waals surface area contributed by atoms with Gasteiger partial charge < -0.3 is 41.7 Å². The second kappa shape index (κ2) is 15.7. The highest BCUT2D eigenvalue weighted by Crippen LogP contribution is 2.54. The van der Waals surface area contributed by atoms with Crippen molar-refractivity contribution in [1.29, 1.82) is 0 Å². The van der Waals surface area contributed by atoms with Gasteiger partial charge in [0.15, 0.2) is 11.4 Å². The number of aromatic hydroxyl groups is 1. The Bertz CT molecular complexity index is 1530. The van der Waals surface area contributed by atoms with E-state index in [9.17, 15) is 39.6 Å². The van der Waals surface area contributed by atoms with Crippen LogP contribution in [0.2, 0.25) is 0 Å². The van der Waals surface area contributed by atoms with Crippen molar-refractivity contribution < 1.29 is 39.6 Å². The SMILES string of the molecule is CCCCCCCCCCCNCC(=O)Nc1cc(N(C)C)c2c(c1O)C(O)=C1C(=O)[C@]3(O)C(O)=C(C(N)=O)C(=O)[C@@H](N(C)C)C3CC1C2. The Morgan fingerprint density at radius 1 is 0.980 bits per heavy atom. The molecule has 8 N–H and O–H groups in total. The van der Waals surface area contributed by atoms with E-state index in [-0.39, 0.29) is 36.2 Å². The zero-order valence-corrected chi connectivity index (χ0v) is 29.4. The Morgan fingerprint density at radius 2 is 1.59 bits per heavy atom. The van der Waals surface area contributed by atoms with Crippen LogP contribution < -0.4 is 21.3 Å². The van der Waals surface area contributed by atoms with Crippen LogP contribution in [-0.4, -0.2) is 102 Å². The predicted molar refractivity (Wildman–Crippen MR) is 187 cm³/mol. The largest absolute Gasteiger partial charge is 0.508 e. The zero-order valence-electron chi connectivity index (χ0n) is 29.4. The minimum absolute atomic E-state index is 0.00641. The van der Waals surface area contributed by atoms with E-state index in [1.807, 2.05) is 0 Å². The summed E-state index contributed by atoms with van der Waals surface area (Å²) < 4.78 is 0. The van der Waals surface area contributed by atoms with Gasteiger partial charge >= 0.3 is 0 Å². The van der Waals surface area contributed by atoms with Gasteiger partial charge in [-0.2, -0.15) is 0 Å². The lowest BCUT2D eigenvalue weighted by Crippen LogP contribution is -2.65. The molecule has 0 aliphatic heterocycles. The molecule has 1 aromatic rings. The number of hydrogen-bond acceptors (Lipinski definition) is 11. The van der Waals surface area contributed by atoms with Crippen LogP contribution in [0.1, 0.15) is 82.3 Å². The standard InChI is InChI=1S/C36H53N5O8/c1-6-7-8-9-10-11-12-13-14-15-38-19-25(42)39-23-18-24(40(2)3)21-16-20-17-22-29(41(4)5)32(45)28(35(37)48)34(47)36(22,49)33(46)26(20)31(44)27(21)30(23)43/h18,20,22,29,38,43-44,47,49H,6-17,19H2,1-5H3,(H2,37,48)(H,39,42)/t20?,22?,29-,36-/m0/s1. The number of hydrogen-bond donors (Lipinski definition) is 7. The zero-order chi connectivity index (χ0) is 36.2. The molecular formula is C36H53N5O8. The van der Waals surface area contributed by atoms with Gasteiger partial charge in [0.2, 0.25) is 11.7 Å².